The second-order valence-electron chi connectivity index (χ2n) is 6.87. The number of aryl methyl sites for hydroxylation is 1. The van der Waals surface area contributed by atoms with E-state index in [0.29, 0.717) is 25.2 Å². The Kier molecular flexibility index (Phi) is 4.77. The number of hydrogen-bond donors (Lipinski definition) is 2. The molecule has 1 amide bonds. The molecule has 0 aliphatic carbocycles. The van der Waals surface area contributed by atoms with E-state index < -0.39 is 0 Å². The highest BCUT2D eigenvalue weighted by Gasteiger charge is 2.20. The number of hydrogen-bond acceptors (Lipinski definition) is 3. The first-order chi connectivity index (χ1) is 13.6. The summed E-state index contributed by atoms with van der Waals surface area (Å²) in [6.07, 6.45) is 0.663. The maximum Gasteiger partial charge on any atom is 0.270 e. The highest BCUT2D eigenvalue weighted by molar-refractivity contribution is 6.00. The lowest BCUT2D eigenvalue weighted by Gasteiger charge is -2.20. The lowest BCUT2D eigenvalue weighted by atomic mass is 10.1. The van der Waals surface area contributed by atoms with Crippen LogP contribution < -0.4 is 4.74 Å². The summed E-state index contributed by atoms with van der Waals surface area (Å²) in [6.45, 7) is 5.23. The number of carbonyl (C=O) groups excluding carboxylic acids is 1. The van der Waals surface area contributed by atoms with Gasteiger partial charge in [-0.25, -0.2) is 4.98 Å². The highest BCUT2D eigenvalue weighted by Crippen LogP contribution is 2.23. The molecule has 144 valence electrons. The molecule has 0 aliphatic rings. The monoisotopic (exact) mass is 376 g/mol. The number of carbonyl (C=O) groups is 1. The molecule has 0 saturated heterocycles. The molecule has 0 atom stereocenters. The van der Waals surface area contributed by atoms with Gasteiger partial charge in [0.1, 0.15) is 17.3 Å². The minimum atomic E-state index is 0.0222. The third-order valence-electron chi connectivity index (χ3n) is 5.21. The van der Waals surface area contributed by atoms with Crippen molar-refractivity contribution in [2.75, 3.05) is 20.2 Å². The lowest BCUT2D eigenvalue weighted by Crippen LogP contribution is -2.33. The first-order valence-electron chi connectivity index (χ1n) is 9.50. The van der Waals surface area contributed by atoms with E-state index in [9.17, 15) is 4.79 Å². The number of nitrogens with zero attached hydrogens (tertiary/aromatic N) is 2. The molecule has 0 saturated carbocycles. The van der Waals surface area contributed by atoms with Crippen LogP contribution in [0, 0.1) is 6.92 Å². The SMILES string of the molecule is CCN(CCc1nc2ccc(OC)cc2[nH]1)C(=O)c1[nH]c2ccccc2c1C. The van der Waals surface area contributed by atoms with Gasteiger partial charge in [-0.05, 0) is 37.6 Å². The molecule has 0 aliphatic heterocycles. The number of benzene rings is 2. The summed E-state index contributed by atoms with van der Waals surface area (Å²) in [5.74, 6) is 1.68. The molecule has 4 rings (SSSR count). The van der Waals surface area contributed by atoms with Crippen LogP contribution in [0.3, 0.4) is 0 Å². The first-order valence-corrected chi connectivity index (χ1v) is 9.50. The fourth-order valence-corrected chi connectivity index (χ4v) is 3.59. The molecule has 0 bridgehead atoms. The molecule has 6 heteroatoms. The molecule has 2 heterocycles. The Morgan fingerprint density at radius 1 is 1.14 bits per heavy atom. The summed E-state index contributed by atoms with van der Waals surface area (Å²) >= 11 is 0. The lowest BCUT2D eigenvalue weighted by molar-refractivity contribution is 0.0760. The number of imidazole rings is 1. The number of likely N-dealkylation sites (N-methyl/N-ethyl adjacent to an activating group) is 1. The molecular formula is C22H24N4O2. The second kappa shape index (κ2) is 7.38. The van der Waals surface area contributed by atoms with Gasteiger partial charge in [-0.15, -0.1) is 0 Å². The summed E-state index contributed by atoms with van der Waals surface area (Å²) in [5, 5.41) is 1.09. The summed E-state index contributed by atoms with van der Waals surface area (Å²) in [7, 11) is 1.65. The van der Waals surface area contributed by atoms with Gasteiger partial charge in [0.25, 0.3) is 5.91 Å². The highest BCUT2D eigenvalue weighted by atomic mass is 16.5. The number of methoxy groups -OCH3 is 1. The Morgan fingerprint density at radius 3 is 2.71 bits per heavy atom. The van der Waals surface area contributed by atoms with Gasteiger partial charge in [0.15, 0.2) is 0 Å². The van der Waals surface area contributed by atoms with Gasteiger partial charge >= 0.3 is 0 Å². The van der Waals surface area contributed by atoms with Crippen molar-refractivity contribution < 1.29 is 9.53 Å². The van der Waals surface area contributed by atoms with Gasteiger partial charge in [0.05, 0.1) is 18.1 Å². The average Bonchev–Trinajstić information content (AvgIpc) is 3.28. The van der Waals surface area contributed by atoms with Crippen LogP contribution in [0.25, 0.3) is 21.9 Å². The van der Waals surface area contributed by atoms with Crippen LogP contribution in [-0.2, 0) is 6.42 Å². The van der Waals surface area contributed by atoms with Gasteiger partial charge in [-0.3, -0.25) is 4.79 Å². The van der Waals surface area contributed by atoms with Crippen LogP contribution in [0.15, 0.2) is 42.5 Å². The molecule has 2 aromatic heterocycles. The molecule has 0 radical (unpaired) electrons. The van der Waals surface area contributed by atoms with E-state index in [-0.39, 0.29) is 5.91 Å². The van der Waals surface area contributed by atoms with Crippen LogP contribution >= 0.6 is 0 Å². The zero-order valence-electron chi connectivity index (χ0n) is 16.4. The molecule has 0 spiro atoms. The number of H-pyrrole nitrogens is 2. The number of fused-ring (bicyclic) bond motifs is 2. The Labute approximate surface area is 163 Å². The Bertz CT molecular complexity index is 1140. The van der Waals surface area contributed by atoms with Crippen LogP contribution in [-0.4, -0.2) is 46.0 Å². The largest absolute Gasteiger partial charge is 0.497 e. The Balaban J connectivity index is 1.52. The number of rotatable bonds is 6. The quantitative estimate of drug-likeness (QED) is 0.533. The molecule has 2 aromatic carbocycles. The molecule has 6 nitrogen and oxygen atoms in total. The Morgan fingerprint density at radius 2 is 1.96 bits per heavy atom. The minimum absolute atomic E-state index is 0.0222. The number of nitrogens with one attached hydrogen (secondary N) is 2. The maximum absolute atomic E-state index is 13.1. The van der Waals surface area contributed by atoms with Crippen molar-refractivity contribution in [3.63, 3.8) is 0 Å². The van der Waals surface area contributed by atoms with Gasteiger partial charge in [0, 0.05) is 36.5 Å². The molecule has 0 unspecified atom stereocenters. The minimum Gasteiger partial charge on any atom is -0.497 e. The van der Waals surface area contributed by atoms with Crippen LogP contribution in [0.5, 0.6) is 5.75 Å². The zero-order chi connectivity index (χ0) is 19.7. The molecular weight excluding hydrogens is 352 g/mol. The predicted molar refractivity (Wildman–Crippen MR) is 111 cm³/mol. The van der Waals surface area contributed by atoms with E-state index in [1.54, 1.807) is 7.11 Å². The fraction of sp³-hybridized carbons (Fsp3) is 0.273. The summed E-state index contributed by atoms with van der Waals surface area (Å²) in [5.41, 5.74) is 4.49. The van der Waals surface area contributed by atoms with Crippen molar-refractivity contribution in [1.29, 1.82) is 0 Å². The van der Waals surface area contributed by atoms with Crippen molar-refractivity contribution in [3.05, 3.63) is 59.5 Å². The zero-order valence-corrected chi connectivity index (χ0v) is 16.4. The number of aromatic nitrogens is 3. The average molecular weight is 376 g/mol. The van der Waals surface area contributed by atoms with Gasteiger partial charge in [-0.1, -0.05) is 18.2 Å². The summed E-state index contributed by atoms with van der Waals surface area (Å²) in [6, 6.07) is 13.8. The van der Waals surface area contributed by atoms with Gasteiger partial charge in [-0.2, -0.15) is 0 Å². The van der Waals surface area contributed by atoms with Gasteiger partial charge < -0.3 is 19.6 Å². The smallest absolute Gasteiger partial charge is 0.270 e. The standard InChI is InChI=1S/C22H24N4O2/c1-4-26(22(27)21-14(2)16-7-5-6-8-17(16)25-21)12-11-20-23-18-10-9-15(28-3)13-19(18)24-20/h5-10,13,25H,4,11-12H2,1-3H3,(H,23,24). The topological polar surface area (TPSA) is 74.0 Å². The van der Waals surface area contributed by atoms with Crippen molar-refractivity contribution in [1.82, 2.24) is 19.9 Å². The van der Waals surface area contributed by atoms with Crippen LogP contribution in [0.2, 0.25) is 0 Å². The second-order valence-corrected chi connectivity index (χ2v) is 6.87. The summed E-state index contributed by atoms with van der Waals surface area (Å²) in [4.78, 5) is 26.2. The molecule has 4 aromatic rings. The predicted octanol–water partition coefficient (Wildman–Crippen LogP) is 4.07. The van der Waals surface area contributed by atoms with Gasteiger partial charge in [0.2, 0.25) is 0 Å². The maximum atomic E-state index is 13.1. The fourth-order valence-electron chi connectivity index (χ4n) is 3.59. The number of ether oxygens (including phenoxy) is 1. The molecule has 28 heavy (non-hydrogen) atoms. The van der Waals surface area contributed by atoms with Crippen LogP contribution in [0.1, 0.15) is 28.8 Å². The van der Waals surface area contributed by atoms with Crippen molar-refractivity contribution in [3.8, 4) is 5.75 Å². The van der Waals surface area contributed by atoms with E-state index in [4.69, 9.17) is 4.74 Å². The number of amides is 1. The van der Waals surface area contributed by atoms with Crippen molar-refractivity contribution >= 4 is 27.8 Å². The van der Waals surface area contributed by atoms with Crippen molar-refractivity contribution in [2.45, 2.75) is 20.3 Å². The Hall–Kier alpha value is -3.28. The van der Waals surface area contributed by atoms with E-state index in [1.165, 1.54) is 0 Å². The van der Waals surface area contributed by atoms with E-state index in [0.717, 1.165) is 39.1 Å². The third-order valence-corrected chi connectivity index (χ3v) is 5.21. The number of para-hydroxylation sites is 1. The summed E-state index contributed by atoms with van der Waals surface area (Å²) < 4.78 is 5.26. The van der Waals surface area contributed by atoms with E-state index >= 15 is 0 Å². The van der Waals surface area contributed by atoms with E-state index in [1.807, 2.05) is 61.2 Å². The normalized spacial score (nSPS) is 11.2. The van der Waals surface area contributed by atoms with E-state index in [2.05, 4.69) is 15.0 Å². The van der Waals surface area contributed by atoms with Crippen LogP contribution in [0.4, 0.5) is 0 Å². The number of aromatic amines is 2. The molecule has 2 N–H and O–H groups in total. The first kappa shape index (κ1) is 18.1. The third kappa shape index (κ3) is 3.22. The van der Waals surface area contributed by atoms with Crippen molar-refractivity contribution in [2.24, 2.45) is 0 Å². The molecule has 0 fully saturated rings.